The smallest absolute Gasteiger partial charge is 0.348 e. The van der Waals surface area contributed by atoms with E-state index in [1.54, 1.807) is 12.2 Å². The van der Waals surface area contributed by atoms with Gasteiger partial charge < -0.3 is 24.1 Å². The Hall–Kier alpha value is -2.45. The molecule has 10 fully saturated rings. The molecule has 208 valence electrons. The van der Waals surface area contributed by atoms with Crippen LogP contribution >= 0.6 is 0 Å². The molecule has 2 unspecified atom stereocenters. The summed E-state index contributed by atoms with van der Waals surface area (Å²) in [4.78, 5) is 38.8. The Kier molecular flexibility index (Phi) is 5.32. The molecule has 2 aliphatic heterocycles. The lowest BCUT2D eigenvalue weighted by atomic mass is 9.53. The van der Waals surface area contributed by atoms with Crippen LogP contribution in [0.3, 0.4) is 0 Å². The number of allylic oxidation sites excluding steroid dienone is 4. The average Bonchev–Trinajstić information content (AvgIpc) is 2.87. The monoisotopic (exact) mass is 536 g/mol. The topological polar surface area (TPSA) is 108 Å². The zero-order valence-corrected chi connectivity index (χ0v) is 22.0. The molecule has 0 aromatic heterocycles. The maximum Gasteiger partial charge on any atom is 0.348 e. The molecule has 0 amide bonds. The number of aliphatic hydroxyl groups is 1. The third-order valence-corrected chi connectivity index (χ3v) is 11.4. The van der Waals surface area contributed by atoms with Gasteiger partial charge in [0.2, 0.25) is 5.79 Å². The quantitative estimate of drug-likeness (QED) is 0.250. The highest BCUT2D eigenvalue weighted by atomic mass is 16.8. The number of esters is 3. The molecule has 0 aromatic rings. The average molecular weight is 537 g/mol. The summed E-state index contributed by atoms with van der Waals surface area (Å²) in [7, 11) is 0. The van der Waals surface area contributed by atoms with Crippen molar-refractivity contribution in [3.8, 4) is 0 Å². The van der Waals surface area contributed by atoms with E-state index in [0.717, 1.165) is 51.4 Å². The normalized spacial score (nSPS) is 51.3. The number of aliphatic hydroxyl groups excluding tert-OH is 1. The molecule has 10 aliphatic rings. The van der Waals surface area contributed by atoms with Crippen molar-refractivity contribution in [3.05, 3.63) is 36.0 Å². The molecule has 8 bridgehead atoms. The van der Waals surface area contributed by atoms with Gasteiger partial charge in [0.1, 0.15) is 11.5 Å². The first-order valence-corrected chi connectivity index (χ1v) is 14.9. The first-order valence-electron chi connectivity index (χ1n) is 14.9. The summed E-state index contributed by atoms with van der Waals surface area (Å²) in [5.41, 5.74) is -0.136. The number of rotatable bonds is 3. The summed E-state index contributed by atoms with van der Waals surface area (Å²) in [5, 5.41) is 10.8. The van der Waals surface area contributed by atoms with Gasteiger partial charge in [-0.3, -0.25) is 4.79 Å². The Bertz CT molecular complexity index is 1120. The molecule has 0 radical (unpaired) electrons. The zero-order valence-electron chi connectivity index (χ0n) is 22.0. The van der Waals surface area contributed by atoms with Gasteiger partial charge in [-0.15, -0.1) is 0 Å². The van der Waals surface area contributed by atoms with Gasteiger partial charge in [-0.1, -0.05) is 24.3 Å². The fourth-order valence-corrected chi connectivity index (χ4v) is 10.2. The van der Waals surface area contributed by atoms with Crippen LogP contribution in [0.15, 0.2) is 36.0 Å². The second-order valence-corrected chi connectivity index (χ2v) is 13.6. The predicted octanol–water partition coefficient (Wildman–Crippen LogP) is 3.94. The molecule has 39 heavy (non-hydrogen) atoms. The number of hydrogen-bond donors (Lipinski definition) is 1. The Labute approximate surface area is 227 Å². The van der Waals surface area contributed by atoms with E-state index in [9.17, 15) is 19.5 Å². The molecule has 10 rings (SSSR count). The van der Waals surface area contributed by atoms with Crippen molar-refractivity contribution < 1.29 is 38.4 Å². The molecule has 8 nitrogen and oxygen atoms in total. The number of hydrogen-bond acceptors (Lipinski definition) is 8. The summed E-state index contributed by atoms with van der Waals surface area (Å²) in [6.45, 7) is 0. The van der Waals surface area contributed by atoms with Crippen LogP contribution < -0.4 is 0 Å². The summed E-state index contributed by atoms with van der Waals surface area (Å²) in [6, 6.07) is 0. The van der Waals surface area contributed by atoms with Gasteiger partial charge in [0.05, 0.1) is 0 Å². The lowest BCUT2D eigenvalue weighted by Gasteiger charge is -2.61. The second-order valence-electron chi connectivity index (χ2n) is 13.6. The Morgan fingerprint density at radius 3 is 1.59 bits per heavy atom. The maximum atomic E-state index is 13.0. The molecular weight excluding hydrogens is 500 g/mol. The van der Waals surface area contributed by atoms with Crippen LogP contribution in [0, 0.1) is 53.3 Å². The standard InChI is InChI=1S/C31H36O8/c32-26-24(27(33)37-30(36-26)20-8-16-6-17(10-20)11-21(30)9-16)4-2-1-3-5-25-28(34)38-31(39-29(25)35)22-12-18-7-19(14-22)15-23(31)13-18/h1-5,16-24,26,32H,6-15H2. The first kappa shape index (κ1) is 24.4. The third kappa shape index (κ3) is 3.59. The Morgan fingerprint density at radius 2 is 1.10 bits per heavy atom. The summed E-state index contributed by atoms with van der Waals surface area (Å²) < 4.78 is 23.9. The summed E-state index contributed by atoms with van der Waals surface area (Å²) >= 11 is 0. The molecule has 2 heterocycles. The van der Waals surface area contributed by atoms with E-state index in [-0.39, 0.29) is 29.2 Å². The Balaban J connectivity index is 0.919. The third-order valence-electron chi connectivity index (χ3n) is 11.4. The summed E-state index contributed by atoms with van der Waals surface area (Å²) in [5.74, 6) is -1.52. The van der Waals surface area contributed by atoms with Crippen LogP contribution in [0.25, 0.3) is 0 Å². The van der Waals surface area contributed by atoms with E-state index in [1.807, 2.05) is 0 Å². The second kappa shape index (κ2) is 8.53. The van der Waals surface area contributed by atoms with Gasteiger partial charge in [-0.05, 0) is 94.0 Å². The fraction of sp³-hybridized carbons (Fsp3) is 0.710. The van der Waals surface area contributed by atoms with E-state index in [4.69, 9.17) is 18.9 Å². The van der Waals surface area contributed by atoms with E-state index < -0.39 is 41.7 Å². The van der Waals surface area contributed by atoms with E-state index >= 15 is 0 Å². The van der Waals surface area contributed by atoms with Crippen LogP contribution in [-0.2, 0) is 33.3 Å². The molecule has 2 spiro atoms. The minimum atomic E-state index is -1.27. The lowest BCUT2D eigenvalue weighted by molar-refractivity contribution is -0.387. The summed E-state index contributed by atoms with van der Waals surface area (Å²) in [6.07, 6.45) is 16.7. The zero-order chi connectivity index (χ0) is 26.5. The maximum absolute atomic E-state index is 13.0. The van der Waals surface area contributed by atoms with Gasteiger partial charge >= 0.3 is 17.9 Å². The predicted molar refractivity (Wildman–Crippen MR) is 135 cm³/mol. The van der Waals surface area contributed by atoms with Gasteiger partial charge in [-0.25, -0.2) is 9.59 Å². The van der Waals surface area contributed by atoms with Gasteiger partial charge in [-0.2, -0.15) is 0 Å². The van der Waals surface area contributed by atoms with Gasteiger partial charge in [0.25, 0.3) is 5.79 Å². The van der Waals surface area contributed by atoms with Crippen LogP contribution in [0.4, 0.5) is 0 Å². The van der Waals surface area contributed by atoms with Crippen molar-refractivity contribution in [2.24, 2.45) is 53.3 Å². The molecular formula is C31H36O8. The van der Waals surface area contributed by atoms with Crippen LogP contribution in [0.1, 0.15) is 64.2 Å². The molecule has 2 atom stereocenters. The van der Waals surface area contributed by atoms with Crippen LogP contribution in [0.2, 0.25) is 0 Å². The molecule has 0 aromatic carbocycles. The molecule has 8 aliphatic carbocycles. The molecule has 2 saturated heterocycles. The SMILES string of the molecule is O=C1OC2(OC(=O)C1=CC=CC=CC1C(=O)OC3(OC1O)C1CC4CC(C1)CC3C4)C1CC3CC(C1)CC2C3. The molecule has 8 saturated carbocycles. The highest BCUT2D eigenvalue weighted by Gasteiger charge is 2.65. The Morgan fingerprint density at radius 1 is 0.615 bits per heavy atom. The lowest BCUT2D eigenvalue weighted by Crippen LogP contribution is -2.65. The minimum Gasteiger partial charge on any atom is -0.432 e. The van der Waals surface area contributed by atoms with Gasteiger partial charge in [0, 0.05) is 23.7 Å². The first-order chi connectivity index (χ1) is 18.8. The fourth-order valence-electron chi connectivity index (χ4n) is 10.2. The number of carbonyl (C=O) groups excluding carboxylic acids is 3. The van der Waals surface area contributed by atoms with E-state index in [0.29, 0.717) is 23.7 Å². The van der Waals surface area contributed by atoms with Crippen molar-refractivity contribution in [1.29, 1.82) is 0 Å². The van der Waals surface area contributed by atoms with Crippen molar-refractivity contribution >= 4 is 17.9 Å². The highest BCUT2D eigenvalue weighted by Crippen LogP contribution is 2.62. The van der Waals surface area contributed by atoms with Crippen molar-refractivity contribution in [3.63, 3.8) is 0 Å². The van der Waals surface area contributed by atoms with Crippen molar-refractivity contribution in [2.75, 3.05) is 0 Å². The van der Waals surface area contributed by atoms with Crippen molar-refractivity contribution in [2.45, 2.75) is 82.1 Å². The van der Waals surface area contributed by atoms with Gasteiger partial charge in [0.15, 0.2) is 6.29 Å². The number of carbonyl (C=O) groups is 3. The molecule has 8 heteroatoms. The highest BCUT2D eigenvalue weighted by molar-refractivity contribution is 6.15. The van der Waals surface area contributed by atoms with Crippen LogP contribution in [-0.4, -0.2) is 40.9 Å². The van der Waals surface area contributed by atoms with Crippen LogP contribution in [0.5, 0.6) is 0 Å². The van der Waals surface area contributed by atoms with E-state index in [2.05, 4.69) is 0 Å². The van der Waals surface area contributed by atoms with E-state index in [1.165, 1.54) is 31.1 Å². The molecule has 1 N–H and O–H groups in total. The number of ether oxygens (including phenoxy) is 4. The van der Waals surface area contributed by atoms with Crippen molar-refractivity contribution in [1.82, 2.24) is 0 Å². The largest absolute Gasteiger partial charge is 0.432 e. The minimum absolute atomic E-state index is 0.101.